The molecule has 146 valence electrons. The second kappa shape index (κ2) is 6.83. The summed E-state index contributed by atoms with van der Waals surface area (Å²) in [6.07, 6.45) is 0.520. The predicted molar refractivity (Wildman–Crippen MR) is 106 cm³/mol. The summed E-state index contributed by atoms with van der Waals surface area (Å²) >= 11 is 0. The fraction of sp³-hybridized carbons (Fsp3) is 0.273. The van der Waals surface area contributed by atoms with Crippen molar-refractivity contribution in [3.63, 3.8) is 0 Å². The van der Waals surface area contributed by atoms with E-state index in [-0.39, 0.29) is 18.8 Å². The maximum absolute atomic E-state index is 12.6. The molecule has 2 aliphatic rings. The van der Waals surface area contributed by atoms with Crippen LogP contribution in [-0.2, 0) is 16.0 Å². The van der Waals surface area contributed by atoms with E-state index >= 15 is 0 Å². The summed E-state index contributed by atoms with van der Waals surface area (Å²) in [5.74, 6) is 1.14. The number of ether oxygens (including phenoxy) is 3. The van der Waals surface area contributed by atoms with Crippen molar-refractivity contribution in [2.24, 2.45) is 0 Å². The largest absolute Gasteiger partial charge is 0.465 e. The zero-order valence-electron chi connectivity index (χ0n) is 15.8. The highest BCUT2D eigenvalue weighted by Crippen LogP contribution is 2.40. The third kappa shape index (κ3) is 2.89. The Kier molecular flexibility index (Phi) is 4.14. The van der Waals surface area contributed by atoms with Gasteiger partial charge in [0.1, 0.15) is 6.04 Å². The van der Waals surface area contributed by atoms with Crippen LogP contribution in [0.3, 0.4) is 0 Å². The topological polar surface area (TPSA) is 76.9 Å². The summed E-state index contributed by atoms with van der Waals surface area (Å²) in [6, 6.07) is 10.7. The lowest BCUT2D eigenvalue weighted by Gasteiger charge is -2.30. The molecule has 0 fully saturated rings. The van der Waals surface area contributed by atoms with Gasteiger partial charge in [-0.1, -0.05) is 18.2 Å². The molecule has 0 aliphatic carbocycles. The zero-order valence-corrected chi connectivity index (χ0v) is 15.8. The third-order valence-electron chi connectivity index (χ3n) is 5.42. The first-order chi connectivity index (χ1) is 14.2. The van der Waals surface area contributed by atoms with Gasteiger partial charge in [-0.2, -0.15) is 0 Å². The minimum absolute atomic E-state index is 0.208. The molecule has 0 amide bonds. The van der Waals surface area contributed by atoms with Gasteiger partial charge in [0.2, 0.25) is 6.79 Å². The molecule has 2 aromatic carbocycles. The predicted octanol–water partition coefficient (Wildman–Crippen LogP) is 3.61. The molecule has 7 nitrogen and oxygen atoms in total. The van der Waals surface area contributed by atoms with Gasteiger partial charge in [-0.15, -0.1) is 0 Å². The van der Waals surface area contributed by atoms with Crippen LogP contribution in [0.4, 0.5) is 5.69 Å². The summed E-state index contributed by atoms with van der Waals surface area (Å²) in [5.41, 5.74) is 4.48. The van der Waals surface area contributed by atoms with Gasteiger partial charge in [0.15, 0.2) is 17.2 Å². The van der Waals surface area contributed by atoms with Gasteiger partial charge in [-0.3, -0.25) is 10.1 Å². The van der Waals surface area contributed by atoms with Gasteiger partial charge in [0.05, 0.1) is 19.2 Å². The number of carbonyl (C=O) groups excluding carboxylic acids is 1. The Labute approximate surface area is 167 Å². The molecule has 1 aromatic heterocycles. The number of fused-ring (bicyclic) bond motifs is 4. The van der Waals surface area contributed by atoms with Crippen molar-refractivity contribution in [1.82, 2.24) is 10.3 Å². The first-order valence-electron chi connectivity index (χ1n) is 9.52. The maximum Gasteiger partial charge on any atom is 0.323 e. The first-order valence-corrected chi connectivity index (χ1v) is 9.52. The lowest BCUT2D eigenvalue weighted by Crippen LogP contribution is -2.45. The zero-order chi connectivity index (χ0) is 20.0. The van der Waals surface area contributed by atoms with Crippen LogP contribution < -0.4 is 14.8 Å². The Morgan fingerprint density at radius 1 is 1.24 bits per heavy atom. The van der Waals surface area contributed by atoms with E-state index in [1.807, 2.05) is 30.3 Å². The average Bonchev–Trinajstić information content (AvgIpc) is 3.36. The van der Waals surface area contributed by atoms with Crippen molar-refractivity contribution in [1.29, 1.82) is 0 Å². The van der Waals surface area contributed by atoms with Gasteiger partial charge in [0.25, 0.3) is 0 Å². The quantitative estimate of drug-likeness (QED) is 0.529. The number of benzene rings is 2. The van der Waals surface area contributed by atoms with E-state index in [2.05, 4.69) is 15.1 Å². The second-order valence-corrected chi connectivity index (χ2v) is 7.08. The SMILES string of the molecule is [C-]#[N+]c1ccc2c3c([nH]c2c1)[C@@H](c1ccc2c(c1)OCO2)N[C@@H](C(=O)OCC)C3. The van der Waals surface area contributed by atoms with Crippen LogP contribution in [0.1, 0.15) is 29.8 Å². The summed E-state index contributed by atoms with van der Waals surface area (Å²) in [6.45, 7) is 9.62. The molecule has 0 radical (unpaired) electrons. The molecular formula is C22H19N3O4. The Bertz CT molecular complexity index is 1160. The van der Waals surface area contributed by atoms with Crippen LogP contribution in [0.25, 0.3) is 15.7 Å². The van der Waals surface area contributed by atoms with Crippen LogP contribution in [0, 0.1) is 6.57 Å². The fourth-order valence-corrected chi connectivity index (χ4v) is 4.10. The number of hydrogen-bond donors (Lipinski definition) is 2. The molecule has 2 atom stereocenters. The van der Waals surface area contributed by atoms with Crippen molar-refractivity contribution >= 4 is 22.6 Å². The third-order valence-corrected chi connectivity index (χ3v) is 5.42. The lowest BCUT2D eigenvalue weighted by molar-refractivity contribution is -0.146. The molecule has 3 aromatic rings. The highest BCUT2D eigenvalue weighted by Gasteiger charge is 2.35. The average molecular weight is 389 g/mol. The molecule has 0 saturated carbocycles. The number of aromatic amines is 1. The van der Waals surface area contributed by atoms with E-state index in [1.54, 1.807) is 13.0 Å². The molecule has 3 heterocycles. The number of H-pyrrole nitrogens is 1. The molecule has 0 spiro atoms. The van der Waals surface area contributed by atoms with Crippen LogP contribution in [-0.4, -0.2) is 30.4 Å². The fourth-order valence-electron chi connectivity index (χ4n) is 4.10. The molecule has 0 saturated heterocycles. The molecular weight excluding hydrogens is 370 g/mol. The molecule has 0 unspecified atom stereocenters. The molecule has 2 aliphatic heterocycles. The van der Waals surface area contributed by atoms with Crippen molar-refractivity contribution in [3.8, 4) is 11.5 Å². The Hall–Kier alpha value is -3.50. The van der Waals surface area contributed by atoms with Crippen molar-refractivity contribution < 1.29 is 19.0 Å². The van der Waals surface area contributed by atoms with E-state index in [0.29, 0.717) is 30.2 Å². The Balaban J connectivity index is 1.64. The van der Waals surface area contributed by atoms with E-state index < -0.39 is 6.04 Å². The van der Waals surface area contributed by atoms with E-state index in [1.165, 1.54) is 0 Å². The number of hydrogen-bond acceptors (Lipinski definition) is 5. The van der Waals surface area contributed by atoms with Crippen LogP contribution in [0.15, 0.2) is 36.4 Å². The lowest BCUT2D eigenvalue weighted by atomic mass is 9.90. The molecule has 7 heteroatoms. The normalized spacial score (nSPS) is 19.6. The van der Waals surface area contributed by atoms with Gasteiger partial charge in [-0.25, -0.2) is 4.85 Å². The minimum atomic E-state index is -0.461. The van der Waals surface area contributed by atoms with Crippen molar-refractivity contribution in [2.75, 3.05) is 13.4 Å². The number of esters is 1. The number of carbonyl (C=O) groups is 1. The summed E-state index contributed by atoms with van der Waals surface area (Å²) < 4.78 is 16.2. The number of nitrogens with zero attached hydrogens (tertiary/aromatic N) is 1. The Morgan fingerprint density at radius 2 is 2.10 bits per heavy atom. The van der Waals surface area contributed by atoms with Gasteiger partial charge < -0.3 is 19.2 Å². The van der Waals surface area contributed by atoms with Crippen LogP contribution >= 0.6 is 0 Å². The first kappa shape index (κ1) is 17.6. The highest BCUT2D eigenvalue weighted by molar-refractivity contribution is 5.89. The standard InChI is InChI=1S/C22H19N3O4/c1-3-27-22(26)17-10-15-14-6-5-13(23-2)9-16(14)24-21(15)20(25-17)12-4-7-18-19(8-12)29-11-28-18/h4-9,17,20,24-25H,3,10-11H2,1H3/t17-,20-/m1/s1. The van der Waals surface area contributed by atoms with Crippen LogP contribution in [0.5, 0.6) is 11.5 Å². The van der Waals surface area contributed by atoms with Crippen molar-refractivity contribution in [3.05, 3.63) is 64.6 Å². The van der Waals surface area contributed by atoms with Gasteiger partial charge >= 0.3 is 5.97 Å². The van der Waals surface area contributed by atoms with E-state index in [9.17, 15) is 4.79 Å². The summed E-state index contributed by atoms with van der Waals surface area (Å²) in [7, 11) is 0. The molecule has 0 bridgehead atoms. The highest BCUT2D eigenvalue weighted by atomic mass is 16.7. The number of nitrogens with one attached hydrogen (secondary N) is 2. The number of aromatic nitrogens is 1. The summed E-state index contributed by atoms with van der Waals surface area (Å²) in [4.78, 5) is 19.5. The minimum Gasteiger partial charge on any atom is -0.465 e. The van der Waals surface area contributed by atoms with E-state index in [4.69, 9.17) is 20.8 Å². The number of rotatable bonds is 3. The van der Waals surface area contributed by atoms with E-state index in [0.717, 1.165) is 27.7 Å². The van der Waals surface area contributed by atoms with Crippen LogP contribution in [0.2, 0.25) is 0 Å². The van der Waals surface area contributed by atoms with Crippen molar-refractivity contribution in [2.45, 2.75) is 25.4 Å². The molecule has 2 N–H and O–H groups in total. The maximum atomic E-state index is 12.6. The monoisotopic (exact) mass is 389 g/mol. The second-order valence-electron chi connectivity index (χ2n) is 7.08. The van der Waals surface area contributed by atoms with Gasteiger partial charge in [-0.05, 0) is 36.2 Å². The smallest absolute Gasteiger partial charge is 0.323 e. The Morgan fingerprint density at radius 3 is 2.93 bits per heavy atom. The molecule has 5 rings (SSSR count). The summed E-state index contributed by atoms with van der Waals surface area (Å²) in [5, 5.41) is 4.45. The van der Waals surface area contributed by atoms with Gasteiger partial charge in [0, 0.05) is 23.0 Å². The molecule has 29 heavy (non-hydrogen) atoms.